The first-order valence-electron chi connectivity index (χ1n) is 9.44. The number of halogens is 1. The Labute approximate surface area is 158 Å². The molecular weight excluding hydrogens is 336 g/mol. The van der Waals surface area contributed by atoms with Crippen molar-refractivity contribution in [3.63, 3.8) is 0 Å². The summed E-state index contributed by atoms with van der Waals surface area (Å²) in [5.41, 5.74) is 2.85. The molecule has 0 amide bonds. The van der Waals surface area contributed by atoms with Gasteiger partial charge in [0, 0.05) is 30.7 Å². The summed E-state index contributed by atoms with van der Waals surface area (Å²) < 4.78 is 11.2. The van der Waals surface area contributed by atoms with Crippen molar-refractivity contribution >= 4 is 17.7 Å². The summed E-state index contributed by atoms with van der Waals surface area (Å²) in [5.74, 6) is 1.05. The van der Waals surface area contributed by atoms with Crippen LogP contribution in [0.2, 0.25) is 5.28 Å². The number of aryl methyl sites for hydroxylation is 1. The molecule has 0 bridgehead atoms. The third-order valence-corrected chi connectivity index (χ3v) is 4.50. The topological polar surface area (TPSA) is 44.2 Å². The van der Waals surface area contributed by atoms with Crippen molar-refractivity contribution in [2.75, 3.05) is 13.2 Å². The third-order valence-electron chi connectivity index (χ3n) is 4.32. The van der Waals surface area contributed by atoms with Gasteiger partial charge in [0.15, 0.2) is 6.29 Å². The van der Waals surface area contributed by atoms with Gasteiger partial charge in [0.1, 0.15) is 0 Å². The number of aromatic nitrogens is 2. The molecule has 1 aromatic rings. The van der Waals surface area contributed by atoms with Crippen LogP contribution in [0.25, 0.3) is 6.08 Å². The second-order valence-corrected chi connectivity index (χ2v) is 6.72. The van der Waals surface area contributed by atoms with Crippen molar-refractivity contribution < 1.29 is 9.47 Å². The highest BCUT2D eigenvalue weighted by atomic mass is 35.5. The molecule has 1 saturated carbocycles. The first kappa shape index (κ1) is 22.1. The third kappa shape index (κ3) is 8.30. The molecule has 0 aromatic carbocycles. The monoisotopic (exact) mass is 368 g/mol. The summed E-state index contributed by atoms with van der Waals surface area (Å²) in [7, 11) is 0. The summed E-state index contributed by atoms with van der Waals surface area (Å²) in [6.45, 7) is 11.4. The molecule has 1 heterocycles. The fourth-order valence-electron chi connectivity index (χ4n) is 2.82. The van der Waals surface area contributed by atoms with E-state index >= 15 is 0 Å². The van der Waals surface area contributed by atoms with E-state index in [0.29, 0.717) is 13.2 Å². The number of hydrogen-bond acceptors (Lipinski definition) is 4. The maximum atomic E-state index is 5.76. The molecular formula is C20H33ClN2O2. The van der Waals surface area contributed by atoms with Crippen LogP contribution < -0.4 is 0 Å². The highest BCUT2D eigenvalue weighted by Crippen LogP contribution is 2.23. The van der Waals surface area contributed by atoms with Crippen LogP contribution in [-0.4, -0.2) is 29.5 Å². The smallest absolute Gasteiger partial charge is 0.222 e. The van der Waals surface area contributed by atoms with Crippen LogP contribution in [0.15, 0.2) is 11.8 Å². The van der Waals surface area contributed by atoms with E-state index in [1.165, 1.54) is 25.7 Å². The lowest BCUT2D eigenvalue weighted by molar-refractivity contribution is -0.111. The first-order chi connectivity index (χ1) is 12.0. The molecule has 0 spiro atoms. The Morgan fingerprint density at radius 3 is 2.24 bits per heavy atom. The number of ether oxygens (including phenoxy) is 2. The van der Waals surface area contributed by atoms with Crippen LogP contribution in [0.4, 0.5) is 0 Å². The SMILES string of the molecule is CC1CCCC1.CCOC(OCC)/C(=C/c1cnc(Cl)nc1C)CC. The Balaban J connectivity index is 0.000000435. The summed E-state index contributed by atoms with van der Waals surface area (Å²) in [6.07, 6.45) is 10.2. The van der Waals surface area contributed by atoms with Crippen molar-refractivity contribution in [2.45, 2.75) is 73.0 Å². The fourth-order valence-corrected chi connectivity index (χ4v) is 3.00. The molecule has 0 radical (unpaired) electrons. The Hall–Kier alpha value is -0.970. The fraction of sp³-hybridized carbons (Fsp3) is 0.700. The van der Waals surface area contributed by atoms with Gasteiger partial charge in [0.25, 0.3) is 0 Å². The largest absolute Gasteiger partial charge is 0.349 e. The van der Waals surface area contributed by atoms with Crippen molar-refractivity contribution in [3.8, 4) is 0 Å². The van der Waals surface area contributed by atoms with Gasteiger partial charge < -0.3 is 9.47 Å². The predicted octanol–water partition coefficient (Wildman–Crippen LogP) is 5.83. The molecule has 0 unspecified atom stereocenters. The van der Waals surface area contributed by atoms with Gasteiger partial charge >= 0.3 is 0 Å². The minimum atomic E-state index is -0.310. The predicted molar refractivity (Wildman–Crippen MR) is 105 cm³/mol. The van der Waals surface area contributed by atoms with E-state index in [-0.39, 0.29) is 11.6 Å². The lowest BCUT2D eigenvalue weighted by atomic mass is 10.1. The molecule has 1 fully saturated rings. The van der Waals surface area contributed by atoms with Crippen molar-refractivity contribution in [2.24, 2.45) is 5.92 Å². The molecule has 4 nitrogen and oxygen atoms in total. The van der Waals surface area contributed by atoms with Crippen molar-refractivity contribution in [3.05, 3.63) is 28.3 Å². The van der Waals surface area contributed by atoms with E-state index in [1.54, 1.807) is 6.20 Å². The molecule has 2 rings (SSSR count). The molecule has 0 N–H and O–H groups in total. The minimum absolute atomic E-state index is 0.263. The zero-order chi connectivity index (χ0) is 18.7. The van der Waals surface area contributed by atoms with Crippen LogP contribution in [0.1, 0.15) is 71.1 Å². The normalized spacial score (nSPS) is 15.4. The Morgan fingerprint density at radius 1 is 1.24 bits per heavy atom. The van der Waals surface area contributed by atoms with Crippen molar-refractivity contribution in [1.29, 1.82) is 0 Å². The van der Waals surface area contributed by atoms with Gasteiger partial charge in [-0.25, -0.2) is 9.97 Å². The molecule has 0 saturated heterocycles. The molecule has 142 valence electrons. The van der Waals surface area contributed by atoms with Gasteiger partial charge in [-0.3, -0.25) is 0 Å². The lowest BCUT2D eigenvalue weighted by Crippen LogP contribution is -2.19. The summed E-state index contributed by atoms with van der Waals surface area (Å²) in [4.78, 5) is 8.15. The second-order valence-electron chi connectivity index (χ2n) is 6.38. The van der Waals surface area contributed by atoms with Crippen LogP contribution >= 0.6 is 11.6 Å². The number of rotatable bonds is 7. The van der Waals surface area contributed by atoms with Gasteiger partial charge in [-0.05, 0) is 56.4 Å². The first-order valence-corrected chi connectivity index (χ1v) is 9.82. The molecule has 0 atom stereocenters. The Kier molecular flexibility index (Phi) is 10.9. The van der Waals surface area contributed by atoms with E-state index in [9.17, 15) is 0 Å². The van der Waals surface area contributed by atoms with Crippen LogP contribution in [0.5, 0.6) is 0 Å². The summed E-state index contributed by atoms with van der Waals surface area (Å²) >= 11 is 5.76. The highest BCUT2D eigenvalue weighted by molar-refractivity contribution is 6.28. The maximum Gasteiger partial charge on any atom is 0.222 e. The van der Waals surface area contributed by atoms with E-state index in [2.05, 4.69) is 23.8 Å². The lowest BCUT2D eigenvalue weighted by Gasteiger charge is -2.19. The van der Waals surface area contributed by atoms with Crippen molar-refractivity contribution in [1.82, 2.24) is 9.97 Å². The van der Waals surface area contributed by atoms with Crippen LogP contribution in [0.3, 0.4) is 0 Å². The molecule has 1 aliphatic carbocycles. The number of nitrogens with zero attached hydrogens (tertiary/aromatic N) is 2. The minimum Gasteiger partial charge on any atom is -0.349 e. The van der Waals surface area contributed by atoms with Gasteiger partial charge in [-0.15, -0.1) is 0 Å². The maximum absolute atomic E-state index is 5.76. The quantitative estimate of drug-likeness (QED) is 0.448. The zero-order valence-corrected chi connectivity index (χ0v) is 17.1. The zero-order valence-electron chi connectivity index (χ0n) is 16.3. The van der Waals surface area contributed by atoms with Crippen LogP contribution in [0, 0.1) is 12.8 Å². The molecule has 1 aliphatic rings. The summed E-state index contributed by atoms with van der Waals surface area (Å²) in [5, 5.41) is 0.263. The molecule has 25 heavy (non-hydrogen) atoms. The highest BCUT2D eigenvalue weighted by Gasteiger charge is 2.13. The van der Waals surface area contributed by atoms with Gasteiger partial charge in [0.2, 0.25) is 5.28 Å². The summed E-state index contributed by atoms with van der Waals surface area (Å²) in [6, 6.07) is 0. The second kappa shape index (κ2) is 12.4. The van der Waals surface area contributed by atoms with E-state index < -0.39 is 0 Å². The van der Waals surface area contributed by atoms with Crippen LogP contribution in [-0.2, 0) is 9.47 Å². The van der Waals surface area contributed by atoms with E-state index in [4.69, 9.17) is 21.1 Å². The van der Waals surface area contributed by atoms with Gasteiger partial charge in [-0.1, -0.05) is 39.5 Å². The molecule has 0 aliphatic heterocycles. The molecule has 1 aromatic heterocycles. The van der Waals surface area contributed by atoms with E-state index in [0.717, 1.165) is 29.2 Å². The Morgan fingerprint density at radius 2 is 1.84 bits per heavy atom. The number of hydrogen-bond donors (Lipinski definition) is 0. The Bertz CT molecular complexity index is 522. The molecule has 5 heteroatoms. The van der Waals surface area contributed by atoms with E-state index in [1.807, 2.05) is 26.8 Å². The van der Waals surface area contributed by atoms with Gasteiger partial charge in [0.05, 0.1) is 0 Å². The standard InChI is InChI=1S/C14H21ClN2O2.C6H12/c1-5-11(13(18-6-2)19-7-3)8-12-9-16-14(15)17-10(12)4;1-6-4-2-3-5-6/h8-9,13H,5-7H2,1-4H3;6H,2-5H2,1H3/b11-8+;. The van der Waals surface area contributed by atoms with Gasteiger partial charge in [-0.2, -0.15) is 0 Å². The average molecular weight is 369 g/mol. The average Bonchev–Trinajstić information content (AvgIpc) is 3.06.